The van der Waals surface area contributed by atoms with Crippen LogP contribution in [0.2, 0.25) is 0 Å². The van der Waals surface area contributed by atoms with Gasteiger partial charge in [-0.2, -0.15) is 4.90 Å². The zero-order chi connectivity index (χ0) is 24.2. The maximum atomic E-state index is 12.7. The molecule has 9 heteroatoms. The highest BCUT2D eigenvalue weighted by molar-refractivity contribution is 5.94. The van der Waals surface area contributed by atoms with Crippen molar-refractivity contribution < 1.29 is 38.1 Å². The molecule has 0 aliphatic rings. The molecule has 0 radical (unpaired) electrons. The largest absolute Gasteiger partial charge is 0.467 e. The lowest BCUT2D eigenvalue weighted by Gasteiger charge is -2.32. The number of carbonyl (C=O) groups is 4. The van der Waals surface area contributed by atoms with Gasteiger partial charge in [-0.15, -0.1) is 0 Å². The van der Waals surface area contributed by atoms with E-state index in [2.05, 4.69) is 0 Å². The average Bonchev–Trinajstić information content (AvgIpc) is 2.59. The molecule has 0 aromatic rings. The number of imide groups is 1. The molecule has 0 spiro atoms. The quantitative estimate of drug-likeness (QED) is 0.239. The maximum Gasteiger partial charge on any atom is 0.420 e. The van der Waals surface area contributed by atoms with Gasteiger partial charge in [0.15, 0.2) is 0 Å². The van der Waals surface area contributed by atoms with Gasteiger partial charge in [0, 0.05) is 6.08 Å². The Balaban J connectivity index is 5.56. The van der Waals surface area contributed by atoms with Crippen LogP contribution in [0.15, 0.2) is 24.3 Å². The van der Waals surface area contributed by atoms with E-state index < -0.39 is 41.4 Å². The summed E-state index contributed by atoms with van der Waals surface area (Å²) in [6, 6.07) is -1.26. The molecule has 0 aliphatic heterocycles. The Morgan fingerprint density at radius 1 is 0.903 bits per heavy atom. The summed E-state index contributed by atoms with van der Waals surface area (Å²) in [6.07, 6.45) is 4.36. The van der Waals surface area contributed by atoms with E-state index in [-0.39, 0.29) is 13.0 Å². The first-order valence-corrected chi connectivity index (χ1v) is 10.0. The van der Waals surface area contributed by atoms with Gasteiger partial charge in [0.2, 0.25) is 0 Å². The fraction of sp³-hybridized carbons (Fsp3) is 0.636. The summed E-state index contributed by atoms with van der Waals surface area (Å²) in [5, 5.41) is 0. The molecule has 1 atom stereocenters. The molecule has 2 amide bonds. The number of amides is 2. The van der Waals surface area contributed by atoms with E-state index in [9.17, 15) is 19.2 Å². The molecule has 176 valence electrons. The highest BCUT2D eigenvalue weighted by Crippen LogP contribution is 2.20. The van der Waals surface area contributed by atoms with E-state index in [1.54, 1.807) is 60.6 Å². The van der Waals surface area contributed by atoms with Crippen LogP contribution in [0.25, 0.3) is 0 Å². The summed E-state index contributed by atoms with van der Waals surface area (Å²) in [7, 11) is 1.16. The number of hydrogen-bond donors (Lipinski definition) is 0. The van der Waals surface area contributed by atoms with E-state index >= 15 is 0 Å². The molecule has 0 saturated heterocycles. The van der Waals surface area contributed by atoms with E-state index in [1.807, 2.05) is 0 Å². The Morgan fingerprint density at radius 3 is 1.84 bits per heavy atom. The van der Waals surface area contributed by atoms with Crippen LogP contribution in [0.4, 0.5) is 9.59 Å². The van der Waals surface area contributed by atoms with Crippen LogP contribution in [-0.4, -0.2) is 60.0 Å². The van der Waals surface area contributed by atoms with Crippen molar-refractivity contribution in [3.05, 3.63) is 24.3 Å². The van der Waals surface area contributed by atoms with Crippen LogP contribution in [0.1, 0.15) is 61.3 Å². The first-order chi connectivity index (χ1) is 14.2. The molecule has 0 aromatic carbocycles. The molecule has 0 rings (SSSR count). The number of nitrogens with zero attached hydrogens (tertiary/aromatic N) is 1. The summed E-state index contributed by atoms with van der Waals surface area (Å²) in [5.74, 6) is -1.26. The van der Waals surface area contributed by atoms with Crippen molar-refractivity contribution in [1.82, 2.24) is 4.90 Å². The van der Waals surface area contributed by atoms with Gasteiger partial charge in [0.05, 0.1) is 13.7 Å². The molecule has 0 fully saturated rings. The third kappa shape index (κ3) is 12.5. The Kier molecular flexibility index (Phi) is 11.6. The first-order valence-electron chi connectivity index (χ1n) is 10.0. The Labute approximate surface area is 184 Å². The second-order valence-electron chi connectivity index (χ2n) is 8.49. The highest BCUT2D eigenvalue weighted by atomic mass is 16.6. The van der Waals surface area contributed by atoms with Crippen molar-refractivity contribution in [2.24, 2.45) is 0 Å². The standard InChI is InChI=1S/C22H35NO8/c1-9-29-17(24)15-13-11-10-12-14-16(18(25)28-8)23(19(26)30-21(2,3)4)20(27)31-22(5,6)7/h10-11,13,15-16H,9,12,14H2,1-8H3/b11-10+,15-13+/t16-/m0/s1. The molecule has 9 nitrogen and oxygen atoms in total. The van der Waals surface area contributed by atoms with Crippen LogP contribution >= 0.6 is 0 Å². The molecule has 31 heavy (non-hydrogen) atoms. The molecule has 0 aromatic heterocycles. The van der Waals surface area contributed by atoms with Gasteiger partial charge in [0.1, 0.15) is 17.2 Å². The topological polar surface area (TPSA) is 108 Å². The lowest BCUT2D eigenvalue weighted by Crippen LogP contribution is -2.52. The van der Waals surface area contributed by atoms with Gasteiger partial charge in [-0.05, 0) is 61.3 Å². The number of carbonyl (C=O) groups excluding carboxylic acids is 4. The number of esters is 2. The van der Waals surface area contributed by atoms with Crippen LogP contribution in [0.5, 0.6) is 0 Å². The van der Waals surface area contributed by atoms with E-state index in [0.717, 1.165) is 7.11 Å². The van der Waals surface area contributed by atoms with Gasteiger partial charge in [-0.1, -0.05) is 18.2 Å². The third-order valence-corrected chi connectivity index (χ3v) is 3.34. The zero-order valence-corrected chi connectivity index (χ0v) is 19.7. The summed E-state index contributed by atoms with van der Waals surface area (Å²) in [4.78, 5) is 49.8. The minimum Gasteiger partial charge on any atom is -0.467 e. The zero-order valence-electron chi connectivity index (χ0n) is 19.7. The van der Waals surface area contributed by atoms with Crippen LogP contribution in [0.3, 0.4) is 0 Å². The fourth-order valence-electron chi connectivity index (χ4n) is 2.19. The molecule has 0 aliphatic carbocycles. The van der Waals surface area contributed by atoms with Gasteiger partial charge in [0.25, 0.3) is 0 Å². The van der Waals surface area contributed by atoms with Gasteiger partial charge in [-0.3, -0.25) is 0 Å². The summed E-state index contributed by atoms with van der Waals surface area (Å²) >= 11 is 0. The molecule has 0 N–H and O–H groups in total. The SMILES string of the molecule is CCOC(=O)/C=C/C=C/CC[C@@H](C(=O)OC)N(C(=O)OC(C)(C)C)C(=O)OC(C)(C)C. The second-order valence-corrected chi connectivity index (χ2v) is 8.49. The number of hydrogen-bond acceptors (Lipinski definition) is 8. The van der Waals surface area contributed by atoms with Crippen molar-refractivity contribution in [1.29, 1.82) is 0 Å². The Morgan fingerprint density at radius 2 is 1.42 bits per heavy atom. The Hall–Kier alpha value is -2.84. The normalized spacial score (nSPS) is 13.0. The van der Waals surface area contributed by atoms with E-state index in [4.69, 9.17) is 18.9 Å². The van der Waals surface area contributed by atoms with Crippen molar-refractivity contribution in [3.63, 3.8) is 0 Å². The minimum absolute atomic E-state index is 0.0644. The van der Waals surface area contributed by atoms with Gasteiger partial charge >= 0.3 is 24.1 Å². The van der Waals surface area contributed by atoms with Crippen molar-refractivity contribution in [2.45, 2.75) is 78.6 Å². The predicted molar refractivity (Wildman–Crippen MR) is 114 cm³/mol. The monoisotopic (exact) mass is 441 g/mol. The van der Waals surface area contributed by atoms with Crippen LogP contribution < -0.4 is 0 Å². The lowest BCUT2D eigenvalue weighted by atomic mass is 10.1. The number of allylic oxidation sites excluding steroid dienone is 3. The van der Waals surface area contributed by atoms with Crippen molar-refractivity contribution in [3.8, 4) is 0 Å². The minimum atomic E-state index is -1.26. The van der Waals surface area contributed by atoms with E-state index in [1.165, 1.54) is 12.2 Å². The highest BCUT2D eigenvalue weighted by Gasteiger charge is 2.40. The Bertz CT molecular complexity index is 655. The molecule has 0 unspecified atom stereocenters. The number of ether oxygens (including phenoxy) is 4. The fourth-order valence-corrected chi connectivity index (χ4v) is 2.19. The van der Waals surface area contributed by atoms with Gasteiger partial charge < -0.3 is 18.9 Å². The summed E-state index contributed by atoms with van der Waals surface area (Å²) < 4.78 is 20.2. The molecule has 0 heterocycles. The third-order valence-electron chi connectivity index (χ3n) is 3.34. The van der Waals surface area contributed by atoms with Crippen molar-refractivity contribution in [2.75, 3.05) is 13.7 Å². The molecular formula is C22H35NO8. The molecule has 0 bridgehead atoms. The maximum absolute atomic E-state index is 12.7. The lowest BCUT2D eigenvalue weighted by molar-refractivity contribution is -0.147. The van der Waals surface area contributed by atoms with Gasteiger partial charge in [-0.25, -0.2) is 19.2 Å². The molecule has 0 saturated carbocycles. The van der Waals surface area contributed by atoms with E-state index in [0.29, 0.717) is 11.3 Å². The second kappa shape index (κ2) is 12.8. The first kappa shape index (κ1) is 28.2. The van der Waals surface area contributed by atoms with Crippen molar-refractivity contribution >= 4 is 24.1 Å². The predicted octanol–water partition coefficient (Wildman–Crippen LogP) is 4.16. The van der Waals surface area contributed by atoms with Crippen LogP contribution in [-0.2, 0) is 28.5 Å². The summed E-state index contributed by atoms with van der Waals surface area (Å²) in [5.41, 5.74) is -1.79. The average molecular weight is 442 g/mol. The number of rotatable bonds is 8. The van der Waals surface area contributed by atoms with Crippen LogP contribution in [0, 0.1) is 0 Å². The summed E-state index contributed by atoms with van der Waals surface area (Å²) in [6.45, 7) is 11.8. The molecular weight excluding hydrogens is 406 g/mol. The smallest absolute Gasteiger partial charge is 0.420 e. The number of methoxy groups -OCH3 is 1.